The Hall–Kier alpha value is -2.62. The molecule has 2 aromatic carbocycles. The summed E-state index contributed by atoms with van der Waals surface area (Å²) in [5, 5.41) is 10.2. The van der Waals surface area contributed by atoms with E-state index < -0.39 is 11.9 Å². The number of nitrogens with zero attached hydrogens (tertiary/aromatic N) is 1. The Labute approximate surface area is 152 Å². The molecule has 0 unspecified atom stereocenters. The molecule has 3 aliphatic rings. The maximum atomic E-state index is 13.4. The van der Waals surface area contributed by atoms with Crippen LogP contribution in [-0.2, 0) is 10.2 Å². The molecule has 0 saturated heterocycles. The molecule has 1 saturated carbocycles. The van der Waals surface area contributed by atoms with Gasteiger partial charge in [0.1, 0.15) is 5.92 Å². The predicted molar refractivity (Wildman–Crippen MR) is 98.6 cm³/mol. The van der Waals surface area contributed by atoms with Gasteiger partial charge in [-0.3, -0.25) is 9.59 Å². The fourth-order valence-corrected chi connectivity index (χ4v) is 5.64. The number of fused-ring (bicyclic) bond motifs is 6. The fourth-order valence-electron chi connectivity index (χ4n) is 5.64. The minimum Gasteiger partial charge on any atom is -0.481 e. The zero-order chi connectivity index (χ0) is 17.9. The van der Waals surface area contributed by atoms with Gasteiger partial charge in [0, 0.05) is 16.7 Å². The molecule has 0 bridgehead atoms. The van der Waals surface area contributed by atoms with Crippen molar-refractivity contribution >= 4 is 17.6 Å². The number of carboxylic acids is 1. The van der Waals surface area contributed by atoms with Gasteiger partial charge >= 0.3 is 5.97 Å². The smallest absolute Gasteiger partial charge is 0.313 e. The van der Waals surface area contributed by atoms with Crippen LogP contribution in [0, 0.1) is 0 Å². The van der Waals surface area contributed by atoms with E-state index in [-0.39, 0.29) is 17.4 Å². The van der Waals surface area contributed by atoms with Crippen molar-refractivity contribution in [1.29, 1.82) is 0 Å². The number of para-hydroxylation sites is 1. The van der Waals surface area contributed by atoms with Gasteiger partial charge in [-0.15, -0.1) is 0 Å². The van der Waals surface area contributed by atoms with E-state index in [0.29, 0.717) is 11.1 Å². The van der Waals surface area contributed by atoms with Crippen LogP contribution >= 0.6 is 0 Å². The van der Waals surface area contributed by atoms with Gasteiger partial charge < -0.3 is 10.0 Å². The van der Waals surface area contributed by atoms with Crippen molar-refractivity contribution < 1.29 is 14.7 Å². The number of carbonyl (C=O) groups excluding carboxylic acids is 1. The van der Waals surface area contributed by atoms with Crippen LogP contribution in [0.25, 0.3) is 0 Å². The molecule has 4 heteroatoms. The van der Waals surface area contributed by atoms with E-state index in [1.54, 1.807) is 6.07 Å². The molecule has 1 N–H and O–H groups in total. The van der Waals surface area contributed by atoms with Crippen LogP contribution in [0.5, 0.6) is 0 Å². The Kier molecular flexibility index (Phi) is 3.27. The molecule has 26 heavy (non-hydrogen) atoms. The minimum atomic E-state index is -0.835. The Morgan fingerprint density at radius 1 is 1.00 bits per heavy atom. The van der Waals surface area contributed by atoms with Crippen molar-refractivity contribution in [2.45, 2.75) is 49.5 Å². The van der Waals surface area contributed by atoms with Crippen molar-refractivity contribution in [2.24, 2.45) is 0 Å². The molecule has 1 aliphatic carbocycles. The number of hydrogen-bond acceptors (Lipinski definition) is 2. The van der Waals surface area contributed by atoms with Gasteiger partial charge in [0.2, 0.25) is 0 Å². The summed E-state index contributed by atoms with van der Waals surface area (Å²) in [5.74, 6) is -1.58. The van der Waals surface area contributed by atoms with E-state index in [2.05, 4.69) is 6.07 Å². The molecule has 132 valence electrons. The van der Waals surface area contributed by atoms with E-state index in [0.717, 1.165) is 36.9 Å². The summed E-state index contributed by atoms with van der Waals surface area (Å²) in [7, 11) is 0. The Morgan fingerprint density at radius 2 is 1.69 bits per heavy atom. The van der Waals surface area contributed by atoms with Crippen LogP contribution < -0.4 is 4.90 Å². The lowest BCUT2D eigenvalue weighted by molar-refractivity contribution is -0.140. The summed E-state index contributed by atoms with van der Waals surface area (Å²) in [5.41, 5.74) is 3.02. The minimum absolute atomic E-state index is 0.0574. The molecule has 2 heterocycles. The third kappa shape index (κ3) is 1.84. The van der Waals surface area contributed by atoms with Crippen molar-refractivity contribution in [3.8, 4) is 0 Å². The van der Waals surface area contributed by atoms with E-state index in [1.807, 2.05) is 41.3 Å². The maximum absolute atomic E-state index is 13.4. The molecule has 1 spiro atoms. The van der Waals surface area contributed by atoms with Crippen molar-refractivity contribution in [3.05, 3.63) is 65.2 Å². The number of benzene rings is 2. The zero-order valence-corrected chi connectivity index (χ0v) is 14.5. The fraction of sp³-hybridized carbons (Fsp3) is 0.364. The van der Waals surface area contributed by atoms with Gasteiger partial charge in [0.05, 0.1) is 6.04 Å². The Morgan fingerprint density at radius 3 is 2.46 bits per heavy atom. The zero-order valence-electron chi connectivity index (χ0n) is 14.5. The molecular weight excluding hydrogens is 326 g/mol. The lowest BCUT2D eigenvalue weighted by atomic mass is 9.62. The predicted octanol–water partition coefficient (Wildman–Crippen LogP) is 4.10. The van der Waals surface area contributed by atoms with E-state index >= 15 is 0 Å². The number of anilines is 1. The van der Waals surface area contributed by atoms with Crippen LogP contribution in [0.3, 0.4) is 0 Å². The van der Waals surface area contributed by atoms with Crippen LogP contribution in [0.15, 0.2) is 48.5 Å². The second kappa shape index (κ2) is 5.44. The first-order valence-corrected chi connectivity index (χ1v) is 9.40. The highest BCUT2D eigenvalue weighted by Crippen LogP contribution is 2.58. The molecule has 1 amide bonds. The third-order valence-corrected chi connectivity index (χ3v) is 6.62. The van der Waals surface area contributed by atoms with Crippen molar-refractivity contribution in [2.75, 3.05) is 4.90 Å². The molecule has 2 aliphatic heterocycles. The first kappa shape index (κ1) is 15.6. The highest BCUT2D eigenvalue weighted by Gasteiger charge is 2.60. The summed E-state index contributed by atoms with van der Waals surface area (Å²) >= 11 is 0. The normalized spacial score (nSPS) is 25.5. The SMILES string of the molecule is O=C(O)[C@H]1c2ccccc2C(=O)N2c3ccccc3C3(CCCCC3)[C@H]12. The number of aliphatic carboxylic acids is 1. The average molecular weight is 347 g/mol. The van der Waals surface area contributed by atoms with Crippen LogP contribution in [-0.4, -0.2) is 23.0 Å². The van der Waals surface area contributed by atoms with Gasteiger partial charge in [-0.2, -0.15) is 0 Å². The molecule has 0 radical (unpaired) electrons. The molecule has 1 fully saturated rings. The first-order chi connectivity index (χ1) is 12.6. The lowest BCUT2D eigenvalue weighted by Gasteiger charge is -2.46. The standard InChI is InChI=1S/C22H21NO3/c24-20-15-9-3-2-8-14(15)18(21(25)26)19-22(12-6-1-7-13-22)16-10-4-5-11-17(16)23(19)20/h2-5,8-11,18-19H,1,6-7,12-13H2,(H,25,26)/t18-,19-/m0/s1. The third-order valence-electron chi connectivity index (χ3n) is 6.62. The van der Waals surface area contributed by atoms with Crippen molar-refractivity contribution in [1.82, 2.24) is 0 Å². The quantitative estimate of drug-likeness (QED) is 0.845. The number of hydrogen-bond donors (Lipinski definition) is 1. The number of carbonyl (C=O) groups is 2. The van der Waals surface area contributed by atoms with E-state index in [4.69, 9.17) is 0 Å². The second-order valence-corrected chi connectivity index (χ2v) is 7.76. The Balaban J connectivity index is 1.81. The summed E-state index contributed by atoms with van der Waals surface area (Å²) < 4.78 is 0. The highest BCUT2D eigenvalue weighted by atomic mass is 16.4. The summed E-state index contributed by atoms with van der Waals surface area (Å²) in [6, 6.07) is 15.0. The van der Waals surface area contributed by atoms with Gasteiger partial charge in [0.15, 0.2) is 0 Å². The van der Waals surface area contributed by atoms with Crippen LogP contribution in [0.4, 0.5) is 5.69 Å². The monoisotopic (exact) mass is 347 g/mol. The van der Waals surface area contributed by atoms with Gasteiger partial charge in [-0.1, -0.05) is 55.7 Å². The summed E-state index contributed by atoms with van der Waals surface area (Å²) in [4.78, 5) is 27.6. The summed E-state index contributed by atoms with van der Waals surface area (Å²) in [6.45, 7) is 0. The average Bonchev–Trinajstić information content (AvgIpc) is 2.93. The molecule has 2 aromatic rings. The first-order valence-electron chi connectivity index (χ1n) is 9.40. The van der Waals surface area contributed by atoms with Gasteiger partial charge in [0.25, 0.3) is 5.91 Å². The molecule has 5 rings (SSSR count). The Bertz CT molecular complexity index is 913. The summed E-state index contributed by atoms with van der Waals surface area (Å²) in [6.07, 6.45) is 5.25. The number of amides is 1. The van der Waals surface area contributed by atoms with E-state index in [9.17, 15) is 14.7 Å². The molecule has 0 aromatic heterocycles. The lowest BCUT2D eigenvalue weighted by Crippen LogP contribution is -2.56. The van der Waals surface area contributed by atoms with Crippen LogP contribution in [0.2, 0.25) is 0 Å². The largest absolute Gasteiger partial charge is 0.481 e. The van der Waals surface area contributed by atoms with Gasteiger partial charge in [-0.25, -0.2) is 0 Å². The molecule has 4 nitrogen and oxygen atoms in total. The topological polar surface area (TPSA) is 57.6 Å². The second-order valence-electron chi connectivity index (χ2n) is 7.76. The number of carboxylic acid groups (broad SMARTS) is 1. The molecular formula is C22H21NO3. The number of rotatable bonds is 1. The van der Waals surface area contributed by atoms with Gasteiger partial charge in [-0.05, 0) is 36.1 Å². The van der Waals surface area contributed by atoms with Crippen LogP contribution in [0.1, 0.15) is 59.5 Å². The molecule has 2 atom stereocenters. The maximum Gasteiger partial charge on any atom is 0.313 e. The highest BCUT2D eigenvalue weighted by molar-refractivity contribution is 6.12. The van der Waals surface area contributed by atoms with Crippen molar-refractivity contribution in [3.63, 3.8) is 0 Å². The van der Waals surface area contributed by atoms with E-state index in [1.165, 1.54) is 6.42 Å².